The highest BCUT2D eigenvalue weighted by Gasteiger charge is 2.25. The number of allylic oxidation sites excluding steroid dienone is 1. The fraction of sp³-hybridized carbons (Fsp3) is 0.500. The van der Waals surface area contributed by atoms with Crippen molar-refractivity contribution in [3.63, 3.8) is 0 Å². The molecule has 2 rings (SSSR count). The Kier molecular flexibility index (Phi) is 3.38. The smallest absolute Gasteiger partial charge is 0.139 e. The summed E-state index contributed by atoms with van der Waals surface area (Å²) in [6.45, 7) is 7.01. The first-order chi connectivity index (χ1) is 8.06. The maximum absolute atomic E-state index is 8.27. The van der Waals surface area contributed by atoms with E-state index in [1.165, 1.54) is 0 Å². The van der Waals surface area contributed by atoms with Crippen LogP contribution in [0.3, 0.4) is 0 Å². The number of nitrogens with one attached hydrogen (secondary N) is 2. The van der Waals surface area contributed by atoms with Crippen molar-refractivity contribution in [2.75, 3.05) is 11.9 Å². The van der Waals surface area contributed by atoms with E-state index in [-0.39, 0.29) is 6.04 Å². The van der Waals surface area contributed by atoms with E-state index in [2.05, 4.69) is 40.2 Å². The lowest BCUT2D eigenvalue weighted by molar-refractivity contribution is 0.535. The predicted octanol–water partition coefficient (Wildman–Crippen LogP) is 3.36. The van der Waals surface area contributed by atoms with E-state index in [1.54, 1.807) is 0 Å². The molecular formula is C12H17BrN4. The molecule has 1 aliphatic rings. The quantitative estimate of drug-likeness (QED) is 0.835. The second-order valence-corrected chi connectivity index (χ2v) is 5.17. The molecule has 2 N–H and O–H groups in total. The van der Waals surface area contributed by atoms with Gasteiger partial charge in [0.25, 0.3) is 0 Å². The van der Waals surface area contributed by atoms with Crippen LogP contribution in [0.25, 0.3) is 0 Å². The Morgan fingerprint density at radius 2 is 2.24 bits per heavy atom. The van der Waals surface area contributed by atoms with Gasteiger partial charge in [0.15, 0.2) is 0 Å². The molecule has 1 aromatic rings. The second-order valence-electron chi connectivity index (χ2n) is 4.42. The molecule has 0 aliphatic carbocycles. The van der Waals surface area contributed by atoms with E-state index >= 15 is 0 Å². The molecule has 0 bridgehead atoms. The average molecular weight is 297 g/mol. The van der Waals surface area contributed by atoms with Gasteiger partial charge in [0, 0.05) is 12.6 Å². The van der Waals surface area contributed by atoms with Crippen LogP contribution in [0.2, 0.25) is 0 Å². The Morgan fingerprint density at radius 3 is 2.82 bits per heavy atom. The predicted molar refractivity (Wildman–Crippen MR) is 74.0 cm³/mol. The summed E-state index contributed by atoms with van der Waals surface area (Å²) >= 11 is 3.46. The van der Waals surface area contributed by atoms with Crippen molar-refractivity contribution in [2.24, 2.45) is 0 Å². The van der Waals surface area contributed by atoms with Gasteiger partial charge >= 0.3 is 0 Å². The molecule has 0 saturated carbocycles. The van der Waals surface area contributed by atoms with E-state index < -0.39 is 0 Å². The van der Waals surface area contributed by atoms with Gasteiger partial charge in [0.2, 0.25) is 0 Å². The summed E-state index contributed by atoms with van der Waals surface area (Å²) < 4.78 is 2.69. The molecule has 2 heterocycles. The van der Waals surface area contributed by atoms with Gasteiger partial charge in [0.1, 0.15) is 10.4 Å². The molecule has 4 nitrogen and oxygen atoms in total. The van der Waals surface area contributed by atoms with Gasteiger partial charge in [-0.3, -0.25) is 5.41 Å². The third kappa shape index (κ3) is 2.04. The SMILES string of the molecule is C/C=C1\CCNc2c(c(Br)nn2C(C)C)C1=N. The number of halogens is 1. The zero-order valence-corrected chi connectivity index (χ0v) is 11.9. The second kappa shape index (κ2) is 4.64. The Balaban J connectivity index is 2.59. The molecule has 17 heavy (non-hydrogen) atoms. The summed E-state index contributed by atoms with van der Waals surface area (Å²) in [4.78, 5) is 0. The Labute approximate surface area is 110 Å². The summed E-state index contributed by atoms with van der Waals surface area (Å²) in [5.74, 6) is 0.953. The van der Waals surface area contributed by atoms with Crippen molar-refractivity contribution in [1.82, 2.24) is 9.78 Å². The maximum Gasteiger partial charge on any atom is 0.139 e. The lowest BCUT2D eigenvalue weighted by Gasteiger charge is -2.11. The fourth-order valence-corrected chi connectivity index (χ4v) is 2.62. The molecule has 0 spiro atoms. The Morgan fingerprint density at radius 1 is 1.53 bits per heavy atom. The molecule has 0 radical (unpaired) electrons. The summed E-state index contributed by atoms with van der Waals surface area (Å²) in [6, 6.07) is 0.280. The Bertz CT molecular complexity index is 485. The molecule has 0 saturated heterocycles. The van der Waals surface area contributed by atoms with Gasteiger partial charge in [-0.15, -0.1) is 0 Å². The van der Waals surface area contributed by atoms with Crippen LogP contribution in [0.15, 0.2) is 16.3 Å². The minimum Gasteiger partial charge on any atom is -0.369 e. The largest absolute Gasteiger partial charge is 0.369 e. The standard InChI is InChI=1S/C12H17BrN4/c1-4-8-5-6-15-12-9(10(8)14)11(13)16-17(12)7(2)3/h4,7,14-15H,5-6H2,1-3H3/b8-4+,14-10?. The van der Waals surface area contributed by atoms with E-state index in [4.69, 9.17) is 5.41 Å². The monoisotopic (exact) mass is 296 g/mol. The van der Waals surface area contributed by atoms with Gasteiger partial charge in [-0.25, -0.2) is 4.68 Å². The molecule has 5 heteroatoms. The molecule has 0 unspecified atom stereocenters. The van der Waals surface area contributed by atoms with Gasteiger partial charge in [-0.05, 0) is 48.7 Å². The summed E-state index contributed by atoms with van der Waals surface area (Å²) in [5, 5.41) is 16.1. The molecule has 0 amide bonds. The molecule has 0 fully saturated rings. The number of hydrogen-bond acceptors (Lipinski definition) is 3. The number of hydrogen-bond donors (Lipinski definition) is 2. The number of aromatic nitrogens is 2. The average Bonchev–Trinajstić information content (AvgIpc) is 2.51. The van der Waals surface area contributed by atoms with Crippen LogP contribution < -0.4 is 5.32 Å². The molecule has 0 atom stereocenters. The normalized spacial score (nSPS) is 18.2. The van der Waals surface area contributed by atoms with Crippen molar-refractivity contribution in [3.8, 4) is 0 Å². The highest BCUT2D eigenvalue weighted by atomic mass is 79.9. The van der Waals surface area contributed by atoms with Crippen molar-refractivity contribution < 1.29 is 0 Å². The first-order valence-corrected chi connectivity index (χ1v) is 6.62. The molecule has 1 aromatic heterocycles. The fourth-order valence-electron chi connectivity index (χ4n) is 2.06. The number of anilines is 1. The van der Waals surface area contributed by atoms with E-state index in [1.807, 2.05) is 17.7 Å². The van der Waals surface area contributed by atoms with Crippen LogP contribution in [-0.4, -0.2) is 22.0 Å². The first kappa shape index (κ1) is 12.4. The minimum atomic E-state index is 0.280. The van der Waals surface area contributed by atoms with Crippen molar-refractivity contribution in [3.05, 3.63) is 21.8 Å². The number of fused-ring (bicyclic) bond motifs is 1. The van der Waals surface area contributed by atoms with E-state index in [0.29, 0.717) is 5.71 Å². The van der Waals surface area contributed by atoms with Crippen LogP contribution in [0.5, 0.6) is 0 Å². The minimum absolute atomic E-state index is 0.280. The molecular weight excluding hydrogens is 280 g/mol. The number of nitrogens with zero attached hydrogens (tertiary/aromatic N) is 2. The van der Waals surface area contributed by atoms with Crippen molar-refractivity contribution in [1.29, 1.82) is 5.41 Å². The topological polar surface area (TPSA) is 53.7 Å². The van der Waals surface area contributed by atoms with Crippen LogP contribution in [0.4, 0.5) is 5.82 Å². The lowest BCUT2D eigenvalue weighted by Crippen LogP contribution is -2.10. The van der Waals surface area contributed by atoms with Crippen LogP contribution in [-0.2, 0) is 0 Å². The Hall–Kier alpha value is -1.10. The summed E-state index contributed by atoms with van der Waals surface area (Å²) in [6.07, 6.45) is 2.90. The highest BCUT2D eigenvalue weighted by molar-refractivity contribution is 9.10. The highest BCUT2D eigenvalue weighted by Crippen LogP contribution is 2.32. The third-order valence-electron chi connectivity index (χ3n) is 2.96. The van der Waals surface area contributed by atoms with Gasteiger partial charge in [0.05, 0.1) is 11.3 Å². The van der Waals surface area contributed by atoms with Crippen LogP contribution in [0.1, 0.15) is 38.8 Å². The van der Waals surface area contributed by atoms with Crippen molar-refractivity contribution >= 4 is 27.5 Å². The van der Waals surface area contributed by atoms with Gasteiger partial charge in [-0.1, -0.05) is 6.08 Å². The first-order valence-electron chi connectivity index (χ1n) is 5.82. The molecule has 92 valence electrons. The van der Waals surface area contributed by atoms with Crippen LogP contribution in [0, 0.1) is 5.41 Å². The number of rotatable bonds is 1. The van der Waals surface area contributed by atoms with Crippen molar-refractivity contribution in [2.45, 2.75) is 33.2 Å². The van der Waals surface area contributed by atoms with Crippen LogP contribution >= 0.6 is 15.9 Å². The van der Waals surface area contributed by atoms with E-state index in [9.17, 15) is 0 Å². The maximum atomic E-state index is 8.27. The zero-order chi connectivity index (χ0) is 12.6. The zero-order valence-electron chi connectivity index (χ0n) is 10.3. The van der Waals surface area contributed by atoms with Gasteiger partial charge < -0.3 is 5.32 Å². The molecule has 0 aromatic carbocycles. The summed E-state index contributed by atoms with van der Waals surface area (Å²) in [5.41, 5.74) is 2.52. The lowest BCUT2D eigenvalue weighted by atomic mass is 10.0. The van der Waals surface area contributed by atoms with E-state index in [0.717, 1.165) is 34.5 Å². The van der Waals surface area contributed by atoms with Gasteiger partial charge in [-0.2, -0.15) is 5.10 Å². The third-order valence-corrected chi connectivity index (χ3v) is 3.52. The summed E-state index contributed by atoms with van der Waals surface area (Å²) in [7, 11) is 0. The molecule has 1 aliphatic heterocycles.